The summed E-state index contributed by atoms with van der Waals surface area (Å²) < 4.78 is 31.8. The Morgan fingerprint density at radius 1 is 0.912 bits per heavy atom. The lowest BCUT2D eigenvalue weighted by atomic mass is 10.1. The number of methoxy groups -OCH3 is 1. The van der Waals surface area contributed by atoms with E-state index >= 15 is 0 Å². The Morgan fingerprint density at radius 2 is 1.56 bits per heavy atom. The summed E-state index contributed by atoms with van der Waals surface area (Å²) >= 11 is 1.56. The fourth-order valence-electron chi connectivity index (χ4n) is 3.47. The molecule has 8 heteroatoms. The van der Waals surface area contributed by atoms with E-state index in [0.29, 0.717) is 31.7 Å². The Balaban J connectivity index is 1.81. The van der Waals surface area contributed by atoms with Crippen LogP contribution in [0, 0.1) is 18.6 Å². The van der Waals surface area contributed by atoms with Crippen LogP contribution >= 0.6 is 11.3 Å². The molecule has 3 rings (SSSR count). The number of hydrogen-bond acceptors (Lipinski definition) is 4. The van der Waals surface area contributed by atoms with Crippen LogP contribution in [0.2, 0.25) is 0 Å². The molecule has 3 aromatic rings. The molecule has 0 aliphatic carbocycles. The monoisotopic (exact) mass is 486 g/mol. The second-order valence-corrected chi connectivity index (χ2v) is 8.98. The standard InChI is InChI=1S/C26H28F2N2O3S/c1-19-12-15-34-24(19)17-30(16-20-4-8-22(27)9-5-20)25(31)18-29(13-3-14-33-2)26(32)21-6-10-23(28)11-7-21/h4-12,15H,3,13-14,16-18H2,1-2H3. The Hall–Kier alpha value is -3.10. The van der Waals surface area contributed by atoms with Crippen LogP contribution in [0.3, 0.4) is 0 Å². The average Bonchev–Trinajstić information content (AvgIpc) is 3.23. The smallest absolute Gasteiger partial charge is 0.254 e. The lowest BCUT2D eigenvalue weighted by Crippen LogP contribution is -2.43. The van der Waals surface area contributed by atoms with Gasteiger partial charge in [0, 0.05) is 37.2 Å². The van der Waals surface area contributed by atoms with Crippen molar-refractivity contribution in [3.63, 3.8) is 0 Å². The molecule has 0 spiro atoms. The first-order valence-electron chi connectivity index (χ1n) is 11.0. The third kappa shape index (κ3) is 7.20. The molecule has 180 valence electrons. The molecule has 0 aliphatic rings. The van der Waals surface area contributed by atoms with Crippen molar-refractivity contribution in [1.29, 1.82) is 0 Å². The van der Waals surface area contributed by atoms with E-state index < -0.39 is 5.82 Å². The van der Waals surface area contributed by atoms with E-state index in [1.807, 2.05) is 18.4 Å². The summed E-state index contributed by atoms with van der Waals surface area (Å²) in [5.74, 6) is -1.36. The molecule has 0 atom stereocenters. The van der Waals surface area contributed by atoms with Gasteiger partial charge in [-0.1, -0.05) is 12.1 Å². The molecule has 0 aliphatic heterocycles. The highest BCUT2D eigenvalue weighted by molar-refractivity contribution is 7.10. The van der Waals surface area contributed by atoms with Crippen LogP contribution < -0.4 is 0 Å². The summed E-state index contributed by atoms with van der Waals surface area (Å²) in [5, 5.41) is 1.97. The summed E-state index contributed by atoms with van der Waals surface area (Å²) in [5.41, 5.74) is 2.19. The van der Waals surface area contributed by atoms with Crippen LogP contribution in [-0.4, -0.2) is 48.4 Å². The number of nitrogens with zero attached hydrogens (tertiary/aromatic N) is 2. The number of carbonyl (C=O) groups excluding carboxylic acids is 2. The molecule has 34 heavy (non-hydrogen) atoms. The largest absolute Gasteiger partial charge is 0.385 e. The number of aryl methyl sites for hydroxylation is 1. The van der Waals surface area contributed by atoms with Crippen molar-refractivity contribution in [2.45, 2.75) is 26.4 Å². The minimum atomic E-state index is -0.435. The molecule has 1 aromatic heterocycles. The number of hydrogen-bond donors (Lipinski definition) is 0. The highest BCUT2D eigenvalue weighted by Gasteiger charge is 2.23. The van der Waals surface area contributed by atoms with Crippen molar-refractivity contribution in [3.05, 3.63) is 93.2 Å². The summed E-state index contributed by atoms with van der Waals surface area (Å²) in [6.07, 6.45) is 0.554. The van der Waals surface area contributed by atoms with Gasteiger partial charge in [0.25, 0.3) is 5.91 Å². The maximum absolute atomic E-state index is 13.5. The summed E-state index contributed by atoms with van der Waals surface area (Å²) in [7, 11) is 1.57. The zero-order valence-electron chi connectivity index (χ0n) is 19.3. The van der Waals surface area contributed by atoms with Gasteiger partial charge in [0.15, 0.2) is 0 Å². The quantitative estimate of drug-likeness (QED) is 0.357. The first kappa shape index (κ1) is 25.5. The van der Waals surface area contributed by atoms with Gasteiger partial charge in [-0.25, -0.2) is 8.78 Å². The summed E-state index contributed by atoms with van der Waals surface area (Å²) in [6.45, 7) is 3.28. The minimum absolute atomic E-state index is 0.133. The molecule has 0 bridgehead atoms. The zero-order valence-corrected chi connectivity index (χ0v) is 20.1. The van der Waals surface area contributed by atoms with Crippen molar-refractivity contribution in [1.82, 2.24) is 9.80 Å². The average molecular weight is 487 g/mol. The maximum Gasteiger partial charge on any atom is 0.254 e. The Bertz CT molecular complexity index is 1080. The Kier molecular flexibility index (Phi) is 9.30. The van der Waals surface area contributed by atoms with Crippen LogP contribution in [0.15, 0.2) is 60.0 Å². The van der Waals surface area contributed by atoms with Crippen LogP contribution in [0.5, 0.6) is 0 Å². The van der Waals surface area contributed by atoms with Gasteiger partial charge in [-0.3, -0.25) is 9.59 Å². The van der Waals surface area contributed by atoms with Gasteiger partial charge >= 0.3 is 0 Å². The summed E-state index contributed by atoms with van der Waals surface area (Å²) in [4.78, 5) is 30.8. The van der Waals surface area contributed by atoms with Gasteiger partial charge in [-0.15, -0.1) is 11.3 Å². The predicted molar refractivity (Wildman–Crippen MR) is 129 cm³/mol. The van der Waals surface area contributed by atoms with Gasteiger partial charge in [-0.2, -0.15) is 0 Å². The third-order valence-corrected chi connectivity index (χ3v) is 6.43. The lowest BCUT2D eigenvalue weighted by molar-refractivity contribution is -0.133. The van der Waals surface area contributed by atoms with Crippen LogP contribution in [0.1, 0.15) is 32.8 Å². The highest BCUT2D eigenvalue weighted by atomic mass is 32.1. The normalized spacial score (nSPS) is 10.8. The maximum atomic E-state index is 13.5. The van der Waals surface area contributed by atoms with Crippen LogP contribution in [0.4, 0.5) is 8.78 Å². The third-order valence-electron chi connectivity index (χ3n) is 5.42. The van der Waals surface area contributed by atoms with E-state index in [1.54, 1.807) is 35.5 Å². The van der Waals surface area contributed by atoms with Gasteiger partial charge in [-0.05, 0) is 72.3 Å². The van der Waals surface area contributed by atoms with E-state index in [1.165, 1.54) is 41.3 Å². The van der Waals surface area contributed by atoms with Gasteiger partial charge in [0.2, 0.25) is 5.91 Å². The molecular weight excluding hydrogens is 458 g/mol. The topological polar surface area (TPSA) is 49.9 Å². The van der Waals surface area contributed by atoms with Gasteiger partial charge in [0.05, 0.1) is 6.54 Å². The van der Waals surface area contributed by atoms with Gasteiger partial charge in [0.1, 0.15) is 18.2 Å². The minimum Gasteiger partial charge on any atom is -0.385 e. The Labute approximate surface area is 202 Å². The number of amides is 2. The van der Waals surface area contributed by atoms with E-state index in [9.17, 15) is 18.4 Å². The van der Waals surface area contributed by atoms with Crippen LogP contribution in [0.25, 0.3) is 0 Å². The summed E-state index contributed by atoms with van der Waals surface area (Å²) in [6, 6.07) is 13.3. The van der Waals surface area contributed by atoms with Crippen molar-refractivity contribution < 1.29 is 23.1 Å². The Morgan fingerprint density at radius 3 is 2.15 bits per heavy atom. The second kappa shape index (κ2) is 12.4. The van der Waals surface area contributed by atoms with Crippen molar-refractivity contribution in [2.75, 3.05) is 26.8 Å². The lowest BCUT2D eigenvalue weighted by Gasteiger charge is -2.28. The van der Waals surface area contributed by atoms with E-state index in [-0.39, 0.29) is 30.7 Å². The number of thiophene rings is 1. The SMILES string of the molecule is COCCCN(CC(=O)N(Cc1ccc(F)cc1)Cc1sccc1C)C(=O)c1ccc(F)cc1. The predicted octanol–water partition coefficient (Wildman–Crippen LogP) is 5.04. The molecule has 5 nitrogen and oxygen atoms in total. The van der Waals surface area contributed by atoms with Gasteiger partial charge < -0.3 is 14.5 Å². The first-order valence-corrected chi connectivity index (χ1v) is 11.8. The highest BCUT2D eigenvalue weighted by Crippen LogP contribution is 2.20. The molecule has 0 radical (unpaired) electrons. The van der Waals surface area contributed by atoms with E-state index in [0.717, 1.165) is 16.0 Å². The fourth-order valence-corrected chi connectivity index (χ4v) is 4.39. The number of ether oxygens (including phenoxy) is 1. The van der Waals surface area contributed by atoms with E-state index in [4.69, 9.17) is 4.74 Å². The zero-order chi connectivity index (χ0) is 24.5. The molecule has 0 saturated heterocycles. The molecule has 0 unspecified atom stereocenters. The fraction of sp³-hybridized carbons (Fsp3) is 0.308. The number of benzene rings is 2. The molecule has 0 saturated carbocycles. The molecule has 0 N–H and O–H groups in total. The molecular formula is C26H28F2N2O3S. The van der Waals surface area contributed by atoms with Crippen molar-refractivity contribution >= 4 is 23.2 Å². The van der Waals surface area contributed by atoms with Crippen LogP contribution in [-0.2, 0) is 22.6 Å². The van der Waals surface area contributed by atoms with Crippen molar-refractivity contribution in [2.24, 2.45) is 0 Å². The molecule has 2 aromatic carbocycles. The second-order valence-electron chi connectivity index (χ2n) is 7.98. The number of halogens is 2. The molecule has 0 fully saturated rings. The molecule has 1 heterocycles. The first-order chi connectivity index (χ1) is 16.4. The van der Waals surface area contributed by atoms with E-state index in [2.05, 4.69) is 0 Å². The van der Waals surface area contributed by atoms with Crippen molar-refractivity contribution in [3.8, 4) is 0 Å². The number of rotatable bonds is 11. The number of carbonyl (C=O) groups is 2. The molecule has 2 amide bonds.